The fraction of sp³-hybridized carbons (Fsp3) is 0. The highest BCUT2D eigenvalue weighted by molar-refractivity contribution is 9.10. The summed E-state index contributed by atoms with van der Waals surface area (Å²) in [6.45, 7) is 0. The Morgan fingerprint density at radius 1 is 1.73 bits per heavy atom. The first-order valence-electron chi connectivity index (χ1n) is 2.76. The second kappa shape index (κ2) is 3.19. The Bertz CT molecular complexity index is 300. The van der Waals surface area contributed by atoms with Crippen LogP contribution in [0, 0.1) is 5.41 Å². The third-order valence-corrected chi connectivity index (χ3v) is 2.40. The number of nitrogens with one attached hydrogen (secondary N) is 1. The van der Waals surface area contributed by atoms with Crippen molar-refractivity contribution >= 4 is 39.4 Å². The van der Waals surface area contributed by atoms with Gasteiger partial charge in [0.25, 0.3) is 0 Å². The Kier molecular flexibility index (Phi) is 2.46. The number of nitrogens with two attached hydrogens (primary N) is 1. The summed E-state index contributed by atoms with van der Waals surface area (Å²) < 4.78 is 0.506. The van der Waals surface area contributed by atoms with Crippen LogP contribution in [-0.2, 0) is 0 Å². The van der Waals surface area contributed by atoms with E-state index in [1.807, 2.05) is 0 Å². The molecule has 3 nitrogen and oxygen atoms in total. The van der Waals surface area contributed by atoms with Gasteiger partial charge in [-0.3, -0.25) is 0 Å². The van der Waals surface area contributed by atoms with Crippen LogP contribution in [0.3, 0.4) is 0 Å². The molecule has 0 bridgehead atoms. The van der Waals surface area contributed by atoms with E-state index < -0.39 is 0 Å². The molecule has 5 heteroatoms. The molecular weight excluding hydrogens is 229 g/mol. The molecule has 0 unspecified atom stereocenters. The maximum absolute atomic E-state index is 6.98. The van der Waals surface area contributed by atoms with E-state index in [1.165, 1.54) is 6.20 Å². The molecule has 1 rings (SSSR count). The number of nitrogens with zero attached hydrogens (tertiary/aromatic N) is 1. The number of nitrogen functional groups attached to an aromatic ring is 1. The van der Waals surface area contributed by atoms with Crippen LogP contribution in [0.4, 0.5) is 5.69 Å². The van der Waals surface area contributed by atoms with E-state index in [1.54, 1.807) is 0 Å². The highest BCUT2D eigenvalue weighted by Gasteiger charge is 2.06. The van der Waals surface area contributed by atoms with Crippen molar-refractivity contribution in [2.75, 3.05) is 5.73 Å². The lowest BCUT2D eigenvalue weighted by Crippen LogP contribution is -1.95. The van der Waals surface area contributed by atoms with E-state index in [0.29, 0.717) is 20.9 Å². The molecule has 0 radical (unpaired) electrons. The van der Waals surface area contributed by atoms with Crippen LogP contribution in [0.15, 0.2) is 10.8 Å². The minimum absolute atomic E-state index is 0.375. The van der Waals surface area contributed by atoms with Gasteiger partial charge in [0.05, 0.1) is 16.9 Å². The summed E-state index contributed by atoms with van der Waals surface area (Å²) in [5.41, 5.74) is 6.39. The number of pyridine rings is 1. The Morgan fingerprint density at radius 2 is 2.36 bits per heavy atom. The molecule has 0 aliphatic rings. The lowest BCUT2D eigenvalue weighted by Gasteiger charge is -2.01. The van der Waals surface area contributed by atoms with Crippen LogP contribution >= 0.6 is 27.5 Å². The molecule has 0 amide bonds. The van der Waals surface area contributed by atoms with Crippen molar-refractivity contribution in [2.24, 2.45) is 0 Å². The van der Waals surface area contributed by atoms with Crippen LogP contribution in [-0.4, -0.2) is 11.2 Å². The monoisotopic (exact) mass is 233 g/mol. The summed E-state index contributed by atoms with van der Waals surface area (Å²) in [5, 5.41) is 7.36. The number of anilines is 1. The second-order valence-electron chi connectivity index (χ2n) is 1.88. The highest BCUT2D eigenvalue weighted by atomic mass is 79.9. The molecule has 0 saturated heterocycles. The van der Waals surface area contributed by atoms with Gasteiger partial charge in [0.2, 0.25) is 0 Å². The van der Waals surface area contributed by atoms with Gasteiger partial charge in [0, 0.05) is 11.8 Å². The number of hydrogen-bond donors (Lipinski definition) is 2. The molecule has 11 heavy (non-hydrogen) atoms. The maximum Gasteiger partial charge on any atom is 0.125 e. The topological polar surface area (TPSA) is 62.8 Å². The third kappa shape index (κ3) is 1.52. The Hall–Kier alpha value is -0.610. The molecule has 0 aliphatic heterocycles. The zero-order valence-corrected chi connectivity index (χ0v) is 7.78. The Morgan fingerprint density at radius 3 is 2.82 bits per heavy atom. The summed E-state index contributed by atoms with van der Waals surface area (Å²) in [4.78, 5) is 3.84. The fourth-order valence-corrected chi connectivity index (χ4v) is 1.17. The normalized spacial score (nSPS) is 9.64. The Labute approximate surface area is 77.2 Å². The summed E-state index contributed by atoms with van der Waals surface area (Å²) in [5.74, 6) is 0. The first kappa shape index (κ1) is 8.49. The van der Waals surface area contributed by atoms with Gasteiger partial charge >= 0.3 is 0 Å². The summed E-state index contributed by atoms with van der Waals surface area (Å²) in [7, 11) is 0. The smallest absolute Gasteiger partial charge is 0.125 e. The molecule has 3 N–H and O–H groups in total. The molecule has 1 aromatic rings. The van der Waals surface area contributed by atoms with E-state index in [4.69, 9.17) is 22.7 Å². The quantitative estimate of drug-likeness (QED) is 0.577. The van der Waals surface area contributed by atoms with Gasteiger partial charge < -0.3 is 11.1 Å². The van der Waals surface area contributed by atoms with E-state index in [0.717, 1.165) is 6.21 Å². The lowest BCUT2D eigenvalue weighted by molar-refractivity contribution is 1.27. The van der Waals surface area contributed by atoms with Gasteiger partial charge in [0.15, 0.2) is 0 Å². The number of hydrogen-bond acceptors (Lipinski definition) is 3. The average Bonchev–Trinajstić information content (AvgIpc) is 1.99. The van der Waals surface area contributed by atoms with E-state index in [9.17, 15) is 0 Å². The predicted molar refractivity (Wildman–Crippen MR) is 49.2 cm³/mol. The van der Waals surface area contributed by atoms with Crippen molar-refractivity contribution < 1.29 is 0 Å². The van der Waals surface area contributed by atoms with Gasteiger partial charge in [-0.15, -0.1) is 0 Å². The third-order valence-electron chi connectivity index (χ3n) is 1.19. The summed E-state index contributed by atoms with van der Waals surface area (Å²) in [6, 6.07) is 0. The molecule has 0 atom stereocenters. The van der Waals surface area contributed by atoms with Gasteiger partial charge in [-0.25, -0.2) is 4.98 Å². The van der Waals surface area contributed by atoms with Gasteiger partial charge in [0.1, 0.15) is 4.60 Å². The van der Waals surface area contributed by atoms with Crippen LogP contribution < -0.4 is 5.73 Å². The van der Waals surface area contributed by atoms with Crippen LogP contribution in [0.1, 0.15) is 5.56 Å². The van der Waals surface area contributed by atoms with E-state index in [2.05, 4.69) is 20.9 Å². The highest BCUT2D eigenvalue weighted by Crippen LogP contribution is 2.26. The minimum Gasteiger partial charge on any atom is -0.397 e. The van der Waals surface area contributed by atoms with Crippen molar-refractivity contribution in [3.8, 4) is 0 Å². The molecular formula is C6H5BrClN3. The average molecular weight is 234 g/mol. The lowest BCUT2D eigenvalue weighted by atomic mass is 10.2. The fourth-order valence-electron chi connectivity index (χ4n) is 0.637. The van der Waals surface area contributed by atoms with Crippen molar-refractivity contribution in [2.45, 2.75) is 0 Å². The van der Waals surface area contributed by atoms with Crippen molar-refractivity contribution in [3.05, 3.63) is 21.4 Å². The van der Waals surface area contributed by atoms with Crippen molar-refractivity contribution in [1.82, 2.24) is 4.98 Å². The maximum atomic E-state index is 6.98. The Balaban J connectivity index is 3.40. The summed E-state index contributed by atoms with van der Waals surface area (Å²) >= 11 is 8.88. The SMILES string of the molecule is N=Cc1c(N)cnc(Br)c1Cl. The van der Waals surface area contributed by atoms with Crippen molar-refractivity contribution in [1.29, 1.82) is 5.41 Å². The minimum atomic E-state index is 0.375. The molecule has 0 saturated carbocycles. The van der Waals surface area contributed by atoms with E-state index >= 15 is 0 Å². The summed E-state index contributed by atoms with van der Waals surface area (Å²) in [6.07, 6.45) is 2.56. The number of halogens is 2. The standard InChI is InChI=1S/C6H5BrClN3/c7-6-5(8)3(1-9)4(10)2-11-6/h1-2,9H,10H2. The molecule has 1 heterocycles. The van der Waals surface area contributed by atoms with E-state index in [-0.39, 0.29) is 0 Å². The molecule has 0 fully saturated rings. The molecule has 0 aliphatic carbocycles. The van der Waals surface area contributed by atoms with Gasteiger partial charge in [-0.05, 0) is 15.9 Å². The van der Waals surface area contributed by atoms with Crippen LogP contribution in [0.5, 0.6) is 0 Å². The van der Waals surface area contributed by atoms with Gasteiger partial charge in [-0.2, -0.15) is 0 Å². The number of rotatable bonds is 1. The zero-order valence-electron chi connectivity index (χ0n) is 5.44. The zero-order chi connectivity index (χ0) is 8.43. The number of aromatic nitrogens is 1. The predicted octanol–water partition coefficient (Wildman–Crippen LogP) is 2.08. The molecule has 1 aromatic heterocycles. The first-order chi connectivity index (χ1) is 5.16. The van der Waals surface area contributed by atoms with Gasteiger partial charge in [-0.1, -0.05) is 11.6 Å². The largest absolute Gasteiger partial charge is 0.397 e. The molecule has 0 spiro atoms. The molecule has 58 valence electrons. The first-order valence-corrected chi connectivity index (χ1v) is 3.94. The second-order valence-corrected chi connectivity index (χ2v) is 3.01. The molecule has 0 aromatic carbocycles. The van der Waals surface area contributed by atoms with Crippen LogP contribution in [0.25, 0.3) is 0 Å². The van der Waals surface area contributed by atoms with Crippen LogP contribution in [0.2, 0.25) is 5.02 Å². The van der Waals surface area contributed by atoms with Crippen molar-refractivity contribution in [3.63, 3.8) is 0 Å².